The summed E-state index contributed by atoms with van der Waals surface area (Å²) in [6.07, 6.45) is 1.19. The standard InChI is InChI=1S/C15H21NO4/c1-15(14(19)20,12-7-3-2-4-8-12)11-13(18)16-9-5-6-10-17/h2-4,7-8,17H,5-6,9-11H2,1H3,(H,16,18)(H,19,20). The average Bonchev–Trinajstić information content (AvgIpc) is 2.44. The maximum Gasteiger partial charge on any atom is 0.314 e. The van der Waals surface area contributed by atoms with Crippen molar-refractivity contribution in [2.75, 3.05) is 13.2 Å². The normalized spacial score (nSPS) is 13.5. The maximum atomic E-state index is 11.9. The van der Waals surface area contributed by atoms with Gasteiger partial charge in [-0.1, -0.05) is 30.3 Å². The van der Waals surface area contributed by atoms with E-state index in [-0.39, 0.29) is 18.9 Å². The highest BCUT2D eigenvalue weighted by Crippen LogP contribution is 2.27. The van der Waals surface area contributed by atoms with Crippen molar-refractivity contribution in [3.8, 4) is 0 Å². The fraction of sp³-hybridized carbons (Fsp3) is 0.467. The number of aliphatic hydroxyl groups is 1. The largest absolute Gasteiger partial charge is 0.481 e. The summed E-state index contributed by atoms with van der Waals surface area (Å²) in [7, 11) is 0. The number of unbranched alkanes of at least 4 members (excludes halogenated alkanes) is 1. The molecule has 1 unspecified atom stereocenters. The number of hydrogen-bond donors (Lipinski definition) is 3. The van der Waals surface area contributed by atoms with Crippen LogP contribution in [-0.2, 0) is 15.0 Å². The summed E-state index contributed by atoms with van der Waals surface area (Å²) in [4.78, 5) is 23.4. The van der Waals surface area contributed by atoms with E-state index in [1.54, 1.807) is 37.3 Å². The number of carbonyl (C=O) groups is 2. The van der Waals surface area contributed by atoms with Gasteiger partial charge in [0.1, 0.15) is 0 Å². The summed E-state index contributed by atoms with van der Waals surface area (Å²) in [5, 5.41) is 20.8. The lowest BCUT2D eigenvalue weighted by molar-refractivity contribution is -0.145. The topological polar surface area (TPSA) is 86.6 Å². The van der Waals surface area contributed by atoms with Crippen LogP contribution >= 0.6 is 0 Å². The van der Waals surface area contributed by atoms with Gasteiger partial charge in [-0.25, -0.2) is 0 Å². The van der Waals surface area contributed by atoms with Crippen molar-refractivity contribution in [3.05, 3.63) is 35.9 Å². The Kier molecular flexibility index (Phi) is 6.18. The third-order valence-corrected chi connectivity index (χ3v) is 3.30. The van der Waals surface area contributed by atoms with Crippen molar-refractivity contribution in [1.82, 2.24) is 5.32 Å². The highest BCUT2D eigenvalue weighted by atomic mass is 16.4. The van der Waals surface area contributed by atoms with Crippen LogP contribution < -0.4 is 5.32 Å². The fourth-order valence-corrected chi connectivity index (χ4v) is 1.96. The van der Waals surface area contributed by atoms with Gasteiger partial charge in [-0.15, -0.1) is 0 Å². The molecule has 0 saturated carbocycles. The van der Waals surface area contributed by atoms with E-state index in [2.05, 4.69) is 5.32 Å². The van der Waals surface area contributed by atoms with Gasteiger partial charge in [-0.2, -0.15) is 0 Å². The molecule has 1 aromatic carbocycles. The molecule has 20 heavy (non-hydrogen) atoms. The number of nitrogens with one attached hydrogen (secondary N) is 1. The Hall–Kier alpha value is -1.88. The molecular weight excluding hydrogens is 258 g/mol. The molecule has 1 aromatic rings. The summed E-state index contributed by atoms with van der Waals surface area (Å²) in [5.74, 6) is -1.31. The number of hydrogen-bond acceptors (Lipinski definition) is 3. The zero-order valence-corrected chi connectivity index (χ0v) is 11.6. The predicted molar refractivity (Wildman–Crippen MR) is 75.4 cm³/mol. The van der Waals surface area contributed by atoms with Crippen LogP contribution in [0.4, 0.5) is 0 Å². The number of aliphatic carboxylic acids is 1. The van der Waals surface area contributed by atoms with Crippen LogP contribution in [0.25, 0.3) is 0 Å². The molecule has 0 spiro atoms. The van der Waals surface area contributed by atoms with E-state index in [4.69, 9.17) is 5.11 Å². The van der Waals surface area contributed by atoms with Gasteiger partial charge < -0.3 is 15.5 Å². The molecule has 0 heterocycles. The van der Waals surface area contributed by atoms with Gasteiger partial charge in [0.25, 0.3) is 0 Å². The molecule has 0 aliphatic heterocycles. The van der Waals surface area contributed by atoms with Gasteiger partial charge in [0.05, 0.1) is 5.41 Å². The summed E-state index contributed by atoms with van der Waals surface area (Å²) in [6, 6.07) is 8.76. The lowest BCUT2D eigenvalue weighted by Crippen LogP contribution is -2.39. The summed E-state index contributed by atoms with van der Waals surface area (Å²) < 4.78 is 0. The second-order valence-electron chi connectivity index (χ2n) is 4.96. The van der Waals surface area contributed by atoms with E-state index in [1.165, 1.54) is 0 Å². The number of aliphatic hydroxyl groups excluding tert-OH is 1. The second-order valence-corrected chi connectivity index (χ2v) is 4.96. The number of benzene rings is 1. The van der Waals surface area contributed by atoms with Gasteiger partial charge >= 0.3 is 5.97 Å². The Labute approximate surface area is 118 Å². The van der Waals surface area contributed by atoms with Crippen LogP contribution in [0.5, 0.6) is 0 Å². The number of carbonyl (C=O) groups excluding carboxylic acids is 1. The highest BCUT2D eigenvalue weighted by molar-refractivity contribution is 5.89. The molecule has 5 nitrogen and oxygen atoms in total. The van der Waals surface area contributed by atoms with E-state index in [1.807, 2.05) is 0 Å². The third-order valence-electron chi connectivity index (χ3n) is 3.30. The van der Waals surface area contributed by atoms with E-state index in [0.29, 0.717) is 24.9 Å². The minimum atomic E-state index is -1.23. The van der Waals surface area contributed by atoms with Gasteiger partial charge in [0.2, 0.25) is 5.91 Å². The highest BCUT2D eigenvalue weighted by Gasteiger charge is 2.37. The quantitative estimate of drug-likeness (QED) is 0.626. The fourth-order valence-electron chi connectivity index (χ4n) is 1.96. The number of rotatable bonds is 8. The molecule has 0 bridgehead atoms. The Bertz CT molecular complexity index is 446. The van der Waals surface area contributed by atoms with Crippen LogP contribution in [-0.4, -0.2) is 35.2 Å². The van der Waals surface area contributed by atoms with Crippen molar-refractivity contribution in [3.63, 3.8) is 0 Å². The molecule has 5 heteroatoms. The monoisotopic (exact) mass is 279 g/mol. The zero-order chi connectivity index (χ0) is 15.0. The zero-order valence-electron chi connectivity index (χ0n) is 11.6. The maximum absolute atomic E-state index is 11.9. The molecule has 1 atom stereocenters. The van der Waals surface area contributed by atoms with Crippen LogP contribution in [0.2, 0.25) is 0 Å². The van der Waals surface area contributed by atoms with Crippen LogP contribution in [0.15, 0.2) is 30.3 Å². The first-order valence-corrected chi connectivity index (χ1v) is 6.67. The number of carboxylic acids is 1. The Morgan fingerprint density at radius 3 is 2.40 bits per heavy atom. The Morgan fingerprint density at radius 2 is 1.85 bits per heavy atom. The lowest BCUT2D eigenvalue weighted by atomic mass is 9.79. The molecule has 0 aliphatic carbocycles. The molecule has 3 N–H and O–H groups in total. The first kappa shape index (κ1) is 16.2. The molecule has 1 rings (SSSR count). The smallest absolute Gasteiger partial charge is 0.314 e. The molecule has 0 radical (unpaired) electrons. The van der Waals surface area contributed by atoms with Gasteiger partial charge in [0, 0.05) is 19.6 Å². The third kappa shape index (κ3) is 4.35. The molecule has 0 aliphatic rings. The lowest BCUT2D eigenvalue weighted by Gasteiger charge is -2.24. The van der Waals surface area contributed by atoms with Gasteiger partial charge in [0.15, 0.2) is 0 Å². The summed E-state index contributed by atoms with van der Waals surface area (Å²) in [6.45, 7) is 2.09. The number of amides is 1. The number of carboxylic acid groups (broad SMARTS) is 1. The summed E-state index contributed by atoms with van der Waals surface area (Å²) >= 11 is 0. The Morgan fingerprint density at radius 1 is 1.20 bits per heavy atom. The minimum absolute atomic E-state index is 0.0900. The Balaban J connectivity index is 2.68. The first-order chi connectivity index (χ1) is 9.50. The van der Waals surface area contributed by atoms with E-state index >= 15 is 0 Å². The van der Waals surface area contributed by atoms with Crippen LogP contribution in [0.3, 0.4) is 0 Å². The molecule has 0 fully saturated rings. The minimum Gasteiger partial charge on any atom is -0.481 e. The first-order valence-electron chi connectivity index (χ1n) is 6.67. The van der Waals surface area contributed by atoms with Gasteiger partial charge in [-0.3, -0.25) is 9.59 Å². The van der Waals surface area contributed by atoms with Crippen molar-refractivity contribution in [1.29, 1.82) is 0 Å². The molecule has 1 amide bonds. The van der Waals surface area contributed by atoms with E-state index in [0.717, 1.165) is 0 Å². The van der Waals surface area contributed by atoms with E-state index < -0.39 is 11.4 Å². The molecular formula is C15H21NO4. The van der Waals surface area contributed by atoms with Crippen molar-refractivity contribution < 1.29 is 19.8 Å². The molecule has 0 saturated heterocycles. The van der Waals surface area contributed by atoms with Gasteiger partial charge in [-0.05, 0) is 25.3 Å². The van der Waals surface area contributed by atoms with Crippen molar-refractivity contribution in [2.45, 2.75) is 31.6 Å². The second kappa shape index (κ2) is 7.65. The van der Waals surface area contributed by atoms with Crippen LogP contribution in [0, 0.1) is 0 Å². The predicted octanol–water partition coefficient (Wildman–Crippen LogP) is 1.31. The molecule has 0 aromatic heterocycles. The van der Waals surface area contributed by atoms with E-state index in [9.17, 15) is 14.7 Å². The SMILES string of the molecule is CC(CC(=O)NCCCCO)(C(=O)O)c1ccccc1. The average molecular weight is 279 g/mol. The van der Waals surface area contributed by atoms with Crippen molar-refractivity contribution in [2.24, 2.45) is 0 Å². The van der Waals surface area contributed by atoms with Crippen molar-refractivity contribution >= 4 is 11.9 Å². The van der Waals surface area contributed by atoms with Crippen LogP contribution in [0.1, 0.15) is 31.7 Å². The molecule has 110 valence electrons. The summed E-state index contributed by atoms with van der Waals surface area (Å²) in [5.41, 5.74) is -0.625.